The molecular weight excluding hydrogens is 353 g/mol. The van der Waals surface area contributed by atoms with Crippen molar-refractivity contribution in [3.05, 3.63) is 47.6 Å². The largest absolute Gasteiger partial charge is 0.421 e. The molecule has 4 nitrogen and oxygen atoms in total. The van der Waals surface area contributed by atoms with E-state index in [0.29, 0.717) is 47.6 Å². The summed E-state index contributed by atoms with van der Waals surface area (Å²) >= 11 is 0. The molecule has 3 rings (SSSR count). The molecule has 0 spiro atoms. The number of rotatable bonds is 7. The molecule has 152 valence electrons. The summed E-state index contributed by atoms with van der Waals surface area (Å²) in [6.07, 6.45) is 4.25. The zero-order chi connectivity index (χ0) is 20.3. The minimum absolute atomic E-state index is 0.255. The maximum atomic E-state index is 14.0. The fraction of sp³-hybridized carbons (Fsp3) is 0.565. The summed E-state index contributed by atoms with van der Waals surface area (Å²) in [6, 6.07) is 7.00. The molecule has 1 aromatic heterocycles. The van der Waals surface area contributed by atoms with Crippen molar-refractivity contribution in [2.24, 2.45) is 23.7 Å². The molecule has 1 aliphatic carbocycles. The Morgan fingerprint density at radius 1 is 1.18 bits per heavy atom. The molecule has 0 bridgehead atoms. The van der Waals surface area contributed by atoms with Gasteiger partial charge in [-0.25, -0.2) is 4.39 Å². The minimum Gasteiger partial charge on any atom is -0.421 e. The average Bonchev–Trinajstić information content (AvgIpc) is 3.10. The predicted octanol–water partition coefficient (Wildman–Crippen LogP) is 5.27. The third kappa shape index (κ3) is 4.88. The number of allylic oxidation sites excluding steroid dienone is 1. The monoisotopic (exact) mass is 385 g/mol. The number of hydrogen-bond acceptors (Lipinski definition) is 4. The Bertz CT molecular complexity index is 812. The number of aromatic nitrogens is 2. The van der Waals surface area contributed by atoms with Crippen LogP contribution in [-0.2, 0) is 6.42 Å². The number of hydrogen-bond donors (Lipinski definition) is 1. The third-order valence-electron chi connectivity index (χ3n) is 5.84. The van der Waals surface area contributed by atoms with Crippen LogP contribution in [-0.4, -0.2) is 22.8 Å². The van der Waals surface area contributed by atoms with Gasteiger partial charge in [-0.15, -0.1) is 10.2 Å². The second-order valence-corrected chi connectivity index (χ2v) is 8.66. The van der Waals surface area contributed by atoms with E-state index in [4.69, 9.17) is 4.42 Å². The highest BCUT2D eigenvalue weighted by atomic mass is 19.1. The van der Waals surface area contributed by atoms with Gasteiger partial charge in [0.15, 0.2) is 0 Å². The number of nitrogens with zero attached hydrogens (tertiary/aromatic N) is 2. The molecule has 3 atom stereocenters. The first-order valence-electron chi connectivity index (χ1n) is 10.3. The van der Waals surface area contributed by atoms with E-state index in [2.05, 4.69) is 56.2 Å². The van der Waals surface area contributed by atoms with Crippen molar-refractivity contribution in [1.82, 2.24) is 15.5 Å². The van der Waals surface area contributed by atoms with Gasteiger partial charge in [0.25, 0.3) is 5.89 Å². The van der Waals surface area contributed by atoms with E-state index < -0.39 is 0 Å². The van der Waals surface area contributed by atoms with Crippen LogP contribution in [0.15, 0.2) is 40.3 Å². The number of benzene rings is 1. The molecule has 28 heavy (non-hydrogen) atoms. The lowest BCUT2D eigenvalue weighted by Crippen LogP contribution is -2.37. The highest BCUT2D eigenvalue weighted by Crippen LogP contribution is 2.38. The lowest BCUT2D eigenvalue weighted by Gasteiger charge is -2.37. The Morgan fingerprint density at radius 3 is 2.61 bits per heavy atom. The van der Waals surface area contributed by atoms with Gasteiger partial charge in [-0.05, 0) is 49.1 Å². The van der Waals surface area contributed by atoms with Crippen LogP contribution in [0.4, 0.5) is 4.39 Å². The maximum Gasteiger partial charge on any atom is 0.250 e. The fourth-order valence-corrected chi connectivity index (χ4v) is 4.17. The van der Waals surface area contributed by atoms with E-state index in [0.717, 1.165) is 13.0 Å². The Hall–Kier alpha value is -2.01. The summed E-state index contributed by atoms with van der Waals surface area (Å²) in [5.41, 5.74) is 1.75. The maximum absolute atomic E-state index is 14.0. The summed E-state index contributed by atoms with van der Waals surface area (Å²) < 4.78 is 19.8. The van der Waals surface area contributed by atoms with E-state index in [1.54, 1.807) is 18.2 Å². The first-order valence-corrected chi connectivity index (χ1v) is 10.3. The smallest absolute Gasteiger partial charge is 0.250 e. The molecular formula is C23H32FN3O. The zero-order valence-corrected chi connectivity index (χ0v) is 17.6. The standard InChI is InChI=1S/C23H32FN3O/c1-14(2)20-11-17(16(5)10-18(20)13-25-15(3)4)12-22-26-27-23(28-22)19-8-6-7-9-21(19)24/h6-10,14-15,17-18,20,25H,11-13H2,1-5H3/t17-,18-,20-/m0/s1. The molecule has 0 saturated carbocycles. The molecule has 1 aromatic carbocycles. The number of nitrogens with one attached hydrogen (secondary N) is 1. The minimum atomic E-state index is -0.341. The van der Waals surface area contributed by atoms with Crippen LogP contribution in [0.5, 0.6) is 0 Å². The summed E-state index contributed by atoms with van der Waals surface area (Å²) in [5.74, 6) is 2.66. The van der Waals surface area contributed by atoms with Crippen LogP contribution in [0.3, 0.4) is 0 Å². The van der Waals surface area contributed by atoms with Crippen molar-refractivity contribution >= 4 is 0 Å². The van der Waals surface area contributed by atoms with Crippen molar-refractivity contribution in [3.8, 4) is 11.5 Å². The second-order valence-electron chi connectivity index (χ2n) is 8.66. The summed E-state index contributed by atoms with van der Waals surface area (Å²) in [6.45, 7) is 12.2. The molecule has 2 aromatic rings. The highest BCUT2D eigenvalue weighted by Gasteiger charge is 2.32. The molecule has 5 heteroatoms. The van der Waals surface area contributed by atoms with Gasteiger partial charge in [0.2, 0.25) is 5.89 Å². The summed E-state index contributed by atoms with van der Waals surface area (Å²) in [5, 5.41) is 11.8. The van der Waals surface area contributed by atoms with Gasteiger partial charge in [-0.2, -0.15) is 0 Å². The average molecular weight is 386 g/mol. The molecule has 0 amide bonds. The van der Waals surface area contributed by atoms with Crippen molar-refractivity contribution in [1.29, 1.82) is 0 Å². The van der Waals surface area contributed by atoms with Crippen molar-refractivity contribution in [3.63, 3.8) is 0 Å². The van der Waals surface area contributed by atoms with Crippen LogP contribution >= 0.6 is 0 Å². The topological polar surface area (TPSA) is 51.0 Å². The lowest BCUT2D eigenvalue weighted by atomic mass is 9.70. The second kappa shape index (κ2) is 8.99. The van der Waals surface area contributed by atoms with E-state index in [9.17, 15) is 4.39 Å². The van der Waals surface area contributed by atoms with Gasteiger partial charge >= 0.3 is 0 Å². The van der Waals surface area contributed by atoms with Gasteiger partial charge in [0, 0.05) is 19.0 Å². The molecule has 0 aliphatic heterocycles. The Labute approximate surface area is 167 Å². The molecule has 1 aliphatic rings. The van der Waals surface area contributed by atoms with Gasteiger partial charge in [-0.3, -0.25) is 0 Å². The Morgan fingerprint density at radius 2 is 1.93 bits per heavy atom. The summed E-state index contributed by atoms with van der Waals surface area (Å²) in [7, 11) is 0. The quantitative estimate of drug-likeness (QED) is 0.660. The van der Waals surface area contributed by atoms with Crippen LogP contribution in [0, 0.1) is 29.5 Å². The molecule has 0 fully saturated rings. The summed E-state index contributed by atoms with van der Waals surface area (Å²) in [4.78, 5) is 0. The highest BCUT2D eigenvalue weighted by molar-refractivity contribution is 5.53. The predicted molar refractivity (Wildman–Crippen MR) is 110 cm³/mol. The lowest BCUT2D eigenvalue weighted by molar-refractivity contribution is 0.216. The SMILES string of the molecule is CC1=C[C@@H](CNC(C)C)[C@H](C(C)C)C[C@H]1Cc1nnc(-c2ccccc2F)o1. The molecule has 0 unspecified atom stereocenters. The molecule has 0 radical (unpaired) electrons. The molecule has 1 heterocycles. The van der Waals surface area contributed by atoms with Crippen molar-refractivity contribution in [2.75, 3.05) is 6.54 Å². The van der Waals surface area contributed by atoms with Crippen LogP contribution < -0.4 is 5.32 Å². The van der Waals surface area contributed by atoms with Crippen LogP contribution in [0.25, 0.3) is 11.5 Å². The fourth-order valence-electron chi connectivity index (χ4n) is 4.17. The van der Waals surface area contributed by atoms with E-state index in [1.165, 1.54) is 11.6 Å². The van der Waals surface area contributed by atoms with Crippen molar-refractivity contribution in [2.45, 2.75) is 53.5 Å². The van der Waals surface area contributed by atoms with Crippen LogP contribution in [0.1, 0.15) is 46.9 Å². The van der Waals surface area contributed by atoms with E-state index >= 15 is 0 Å². The van der Waals surface area contributed by atoms with Gasteiger partial charge < -0.3 is 9.73 Å². The zero-order valence-electron chi connectivity index (χ0n) is 17.6. The van der Waals surface area contributed by atoms with E-state index in [-0.39, 0.29) is 11.7 Å². The van der Waals surface area contributed by atoms with Crippen LogP contribution in [0.2, 0.25) is 0 Å². The van der Waals surface area contributed by atoms with E-state index in [1.807, 2.05) is 0 Å². The number of halogens is 1. The van der Waals surface area contributed by atoms with Gasteiger partial charge in [0.05, 0.1) is 5.56 Å². The van der Waals surface area contributed by atoms with Gasteiger partial charge in [-0.1, -0.05) is 51.5 Å². The molecule has 1 N–H and O–H groups in total. The Kier molecular flexibility index (Phi) is 6.65. The first-order chi connectivity index (χ1) is 13.3. The van der Waals surface area contributed by atoms with Crippen molar-refractivity contribution < 1.29 is 8.81 Å². The normalized spacial score (nSPS) is 22.7. The first kappa shape index (κ1) is 20.7. The molecule has 0 saturated heterocycles. The Balaban J connectivity index is 1.74. The third-order valence-corrected chi connectivity index (χ3v) is 5.84. The van der Waals surface area contributed by atoms with Gasteiger partial charge in [0.1, 0.15) is 5.82 Å².